The molecule has 0 unspecified atom stereocenters. The summed E-state index contributed by atoms with van der Waals surface area (Å²) in [4.78, 5) is 42.4. The van der Waals surface area contributed by atoms with Crippen molar-refractivity contribution >= 4 is 40.6 Å². The molecule has 0 saturated heterocycles. The van der Waals surface area contributed by atoms with Crippen molar-refractivity contribution in [1.29, 1.82) is 0 Å². The summed E-state index contributed by atoms with van der Waals surface area (Å²) in [5, 5.41) is 15.5. The van der Waals surface area contributed by atoms with Gasteiger partial charge < -0.3 is 10.1 Å². The van der Waals surface area contributed by atoms with Gasteiger partial charge in [-0.1, -0.05) is 6.08 Å². The highest BCUT2D eigenvalue weighted by atomic mass is 32.1. The topological polar surface area (TPSA) is 142 Å². The van der Waals surface area contributed by atoms with Crippen LogP contribution in [0.2, 0.25) is 0 Å². The largest absolute Gasteiger partial charge is 0.444 e. The highest BCUT2D eigenvalue weighted by Crippen LogP contribution is 2.16. The van der Waals surface area contributed by atoms with Gasteiger partial charge in [-0.3, -0.25) is 25.1 Å². The lowest BCUT2D eigenvalue weighted by atomic mass is 10.3. The third-order valence-corrected chi connectivity index (χ3v) is 3.97. The van der Waals surface area contributed by atoms with Gasteiger partial charge in [0.1, 0.15) is 6.61 Å². The molecule has 0 atom stereocenters. The van der Waals surface area contributed by atoms with Crippen molar-refractivity contribution in [2.75, 3.05) is 25.5 Å². The number of allylic oxidation sites excluding steroid dienone is 1. The van der Waals surface area contributed by atoms with E-state index >= 15 is 0 Å². The van der Waals surface area contributed by atoms with E-state index in [9.17, 15) is 14.4 Å². The molecule has 1 aromatic heterocycles. The van der Waals surface area contributed by atoms with Crippen LogP contribution < -0.4 is 16.1 Å². The number of thiazole rings is 1. The molecule has 0 saturated carbocycles. The Kier molecular flexibility index (Phi) is 10.3. The van der Waals surface area contributed by atoms with E-state index in [-0.39, 0.29) is 25.4 Å². The molecule has 0 spiro atoms. The standard InChI is InChI=1S/C16H23N5O5S/c1-3-11(8-17-2)9-26-16(24)20-15-19-12(10-27-15)7-14(23)18-6-4-5-13(22)21-25/h3,8,10,25H,4-7,9H2,1-2H3,(H,18,23)(H,21,22)(H,19,20,24)/b11-3+,17-8?. The number of nitrogens with one attached hydrogen (secondary N) is 3. The average Bonchev–Trinajstić information content (AvgIpc) is 3.08. The zero-order chi connectivity index (χ0) is 20.1. The second-order valence-electron chi connectivity index (χ2n) is 5.26. The third-order valence-electron chi connectivity index (χ3n) is 3.17. The van der Waals surface area contributed by atoms with Crippen molar-refractivity contribution in [3.05, 3.63) is 22.7 Å². The molecule has 148 valence electrons. The molecule has 1 aromatic rings. The maximum atomic E-state index is 11.8. The van der Waals surface area contributed by atoms with E-state index in [4.69, 9.17) is 9.94 Å². The average molecular weight is 397 g/mol. The van der Waals surface area contributed by atoms with Gasteiger partial charge in [-0.15, -0.1) is 11.3 Å². The van der Waals surface area contributed by atoms with E-state index in [0.29, 0.717) is 23.8 Å². The smallest absolute Gasteiger partial charge is 0.413 e. The molecule has 10 nitrogen and oxygen atoms in total. The number of carbonyl (C=O) groups excluding carboxylic acids is 3. The Balaban J connectivity index is 2.34. The van der Waals surface area contributed by atoms with Crippen molar-refractivity contribution in [2.24, 2.45) is 4.99 Å². The lowest BCUT2D eigenvalue weighted by Crippen LogP contribution is -2.27. The van der Waals surface area contributed by atoms with Crippen LogP contribution in [0.4, 0.5) is 9.93 Å². The first kappa shape index (κ1) is 22.3. The van der Waals surface area contributed by atoms with Crippen LogP contribution in [0.5, 0.6) is 0 Å². The Labute approximate surface area is 160 Å². The molecule has 0 aromatic carbocycles. The molecule has 1 heterocycles. The van der Waals surface area contributed by atoms with Crippen molar-refractivity contribution < 1.29 is 24.3 Å². The highest BCUT2D eigenvalue weighted by molar-refractivity contribution is 7.13. The summed E-state index contributed by atoms with van der Waals surface area (Å²) in [6, 6.07) is 0. The number of nitrogens with zero attached hydrogens (tertiary/aromatic N) is 2. The molecule has 0 bridgehead atoms. The predicted octanol–water partition coefficient (Wildman–Crippen LogP) is 1.28. The summed E-state index contributed by atoms with van der Waals surface area (Å²) in [5.74, 6) is -0.759. The Morgan fingerprint density at radius 2 is 2.15 bits per heavy atom. The number of aliphatic imine (C=N–C) groups is 1. The van der Waals surface area contributed by atoms with E-state index in [2.05, 4.69) is 20.6 Å². The summed E-state index contributed by atoms with van der Waals surface area (Å²) >= 11 is 1.18. The van der Waals surface area contributed by atoms with Crippen LogP contribution in [0.3, 0.4) is 0 Å². The molecule has 0 aliphatic carbocycles. The van der Waals surface area contributed by atoms with E-state index in [0.717, 1.165) is 5.57 Å². The summed E-state index contributed by atoms with van der Waals surface area (Å²) in [6.07, 6.45) is 3.31. The van der Waals surface area contributed by atoms with E-state index in [1.165, 1.54) is 16.8 Å². The maximum absolute atomic E-state index is 11.8. The quantitative estimate of drug-likeness (QED) is 0.203. The number of anilines is 1. The second-order valence-corrected chi connectivity index (χ2v) is 6.12. The van der Waals surface area contributed by atoms with Crippen molar-refractivity contribution in [2.45, 2.75) is 26.2 Å². The van der Waals surface area contributed by atoms with Crippen LogP contribution >= 0.6 is 11.3 Å². The first-order valence-electron chi connectivity index (χ1n) is 8.13. The first-order valence-corrected chi connectivity index (χ1v) is 9.01. The third kappa shape index (κ3) is 9.47. The minimum absolute atomic E-state index is 0.0507. The predicted molar refractivity (Wildman–Crippen MR) is 101 cm³/mol. The van der Waals surface area contributed by atoms with Crippen LogP contribution in [0.25, 0.3) is 0 Å². The summed E-state index contributed by atoms with van der Waals surface area (Å²) in [7, 11) is 1.63. The Morgan fingerprint density at radius 3 is 2.81 bits per heavy atom. The molecule has 0 aliphatic rings. The Morgan fingerprint density at radius 1 is 1.37 bits per heavy atom. The Hall–Kier alpha value is -2.79. The molecule has 3 amide bonds. The number of hydrogen-bond acceptors (Lipinski definition) is 8. The monoisotopic (exact) mass is 397 g/mol. The van der Waals surface area contributed by atoms with Crippen molar-refractivity contribution in [1.82, 2.24) is 15.8 Å². The number of amides is 3. The summed E-state index contributed by atoms with van der Waals surface area (Å²) < 4.78 is 5.06. The Bertz CT molecular complexity index is 701. The van der Waals surface area contributed by atoms with Crippen molar-refractivity contribution in [3.8, 4) is 0 Å². The first-order chi connectivity index (χ1) is 13.0. The fourth-order valence-electron chi connectivity index (χ4n) is 1.84. The normalized spacial score (nSPS) is 11.3. The molecule has 0 radical (unpaired) electrons. The molecule has 0 aliphatic heterocycles. The fourth-order valence-corrected chi connectivity index (χ4v) is 2.53. The zero-order valence-electron chi connectivity index (χ0n) is 15.2. The molecule has 1 rings (SSSR count). The van der Waals surface area contributed by atoms with Crippen LogP contribution in [-0.2, 0) is 20.7 Å². The van der Waals surface area contributed by atoms with Gasteiger partial charge in [-0.05, 0) is 13.3 Å². The van der Waals surface area contributed by atoms with Gasteiger partial charge in [-0.25, -0.2) is 15.3 Å². The van der Waals surface area contributed by atoms with Crippen LogP contribution in [0.1, 0.15) is 25.5 Å². The molecular formula is C16H23N5O5S. The van der Waals surface area contributed by atoms with E-state index in [1.807, 2.05) is 6.92 Å². The minimum Gasteiger partial charge on any atom is -0.444 e. The summed E-state index contributed by atoms with van der Waals surface area (Å²) in [6.45, 7) is 2.22. The van der Waals surface area contributed by atoms with Gasteiger partial charge in [0.15, 0.2) is 5.13 Å². The minimum atomic E-state index is -0.647. The van der Waals surface area contributed by atoms with Gasteiger partial charge in [0.05, 0.1) is 12.1 Å². The molecule has 4 N–H and O–H groups in total. The maximum Gasteiger partial charge on any atom is 0.413 e. The number of ether oxygens (including phenoxy) is 1. The van der Waals surface area contributed by atoms with Gasteiger partial charge in [0, 0.05) is 37.2 Å². The van der Waals surface area contributed by atoms with Crippen LogP contribution in [0, 0.1) is 0 Å². The van der Waals surface area contributed by atoms with E-state index < -0.39 is 12.0 Å². The molecule has 11 heteroatoms. The van der Waals surface area contributed by atoms with Gasteiger partial charge in [0.25, 0.3) is 0 Å². The zero-order valence-corrected chi connectivity index (χ0v) is 16.0. The van der Waals surface area contributed by atoms with Gasteiger partial charge >= 0.3 is 6.09 Å². The van der Waals surface area contributed by atoms with Crippen molar-refractivity contribution in [3.63, 3.8) is 0 Å². The summed E-state index contributed by atoms with van der Waals surface area (Å²) in [5.41, 5.74) is 2.79. The lowest BCUT2D eigenvalue weighted by Gasteiger charge is -2.05. The fraction of sp³-hybridized carbons (Fsp3) is 0.438. The van der Waals surface area contributed by atoms with Crippen LogP contribution in [0.15, 0.2) is 22.0 Å². The lowest BCUT2D eigenvalue weighted by molar-refractivity contribution is -0.129. The highest BCUT2D eigenvalue weighted by Gasteiger charge is 2.11. The number of hydroxylamine groups is 1. The SMILES string of the molecule is C/C=C(\C=NC)COC(=O)Nc1nc(CC(=O)NCCCC(=O)NO)cs1. The van der Waals surface area contributed by atoms with Gasteiger partial charge in [0.2, 0.25) is 11.8 Å². The van der Waals surface area contributed by atoms with Crippen LogP contribution in [-0.4, -0.2) is 54.5 Å². The number of rotatable bonds is 10. The molecule has 27 heavy (non-hydrogen) atoms. The number of aromatic nitrogens is 1. The van der Waals surface area contributed by atoms with Gasteiger partial charge in [-0.2, -0.15) is 0 Å². The second kappa shape index (κ2) is 12.5. The number of hydrogen-bond donors (Lipinski definition) is 4. The molecule has 0 fully saturated rings. The van der Waals surface area contributed by atoms with E-state index in [1.54, 1.807) is 24.7 Å². The number of carbonyl (C=O) groups is 3. The molecular weight excluding hydrogens is 374 g/mol.